The Balaban J connectivity index is 2.51. The van der Waals surface area contributed by atoms with Crippen molar-refractivity contribution in [2.24, 2.45) is 0 Å². The summed E-state index contributed by atoms with van der Waals surface area (Å²) in [5, 5.41) is 14.3. The van der Waals surface area contributed by atoms with Gasteiger partial charge in [0.1, 0.15) is 5.01 Å². The number of fused-ring (bicyclic) bond motifs is 1. The molecule has 0 spiro atoms. The second-order valence-corrected chi connectivity index (χ2v) is 3.97. The van der Waals surface area contributed by atoms with Crippen LogP contribution in [-0.2, 0) is 18.0 Å². The van der Waals surface area contributed by atoms with Crippen LogP contribution in [0.15, 0.2) is 0 Å². The van der Waals surface area contributed by atoms with Crippen LogP contribution in [0.2, 0.25) is 0 Å². The average Bonchev–Trinajstić information content (AvgIpc) is 2.61. The number of aliphatic hydroxyl groups excluding tert-OH is 1. The minimum Gasteiger partial charge on any atom is -0.390 e. The molecule has 0 atom stereocenters. The standard InChI is InChI=1S/C8H11N3O2S/c1-5-6(3-12)11-8(9-5)14-7(10-11)4-13-2/h12H,3-4H2,1-2H3. The monoisotopic (exact) mass is 213 g/mol. The van der Waals surface area contributed by atoms with E-state index in [2.05, 4.69) is 10.1 Å². The zero-order valence-electron chi connectivity index (χ0n) is 8.02. The number of hydrogen-bond acceptors (Lipinski definition) is 5. The molecule has 2 rings (SSSR count). The molecule has 0 unspecified atom stereocenters. The Kier molecular flexibility index (Phi) is 2.49. The summed E-state index contributed by atoms with van der Waals surface area (Å²) in [5.41, 5.74) is 1.58. The van der Waals surface area contributed by atoms with Crippen molar-refractivity contribution in [1.29, 1.82) is 0 Å². The SMILES string of the molecule is COCc1nn2c(CO)c(C)nc2s1. The number of methoxy groups -OCH3 is 1. The lowest BCUT2D eigenvalue weighted by Crippen LogP contribution is -1.96. The van der Waals surface area contributed by atoms with Crippen molar-refractivity contribution in [1.82, 2.24) is 14.6 Å². The Morgan fingerprint density at radius 1 is 1.57 bits per heavy atom. The van der Waals surface area contributed by atoms with Gasteiger partial charge in [-0.25, -0.2) is 9.50 Å². The molecule has 0 bridgehead atoms. The van der Waals surface area contributed by atoms with Crippen LogP contribution in [0.3, 0.4) is 0 Å². The van der Waals surface area contributed by atoms with Gasteiger partial charge in [0, 0.05) is 7.11 Å². The topological polar surface area (TPSA) is 59.7 Å². The van der Waals surface area contributed by atoms with E-state index in [1.165, 1.54) is 11.3 Å². The Hall–Kier alpha value is -0.980. The number of rotatable bonds is 3. The summed E-state index contributed by atoms with van der Waals surface area (Å²) >= 11 is 1.48. The molecule has 1 N–H and O–H groups in total. The van der Waals surface area contributed by atoms with Gasteiger partial charge in [-0.2, -0.15) is 5.10 Å². The van der Waals surface area contributed by atoms with Gasteiger partial charge in [-0.15, -0.1) is 0 Å². The van der Waals surface area contributed by atoms with Crippen molar-refractivity contribution in [3.05, 3.63) is 16.4 Å². The zero-order valence-corrected chi connectivity index (χ0v) is 8.84. The van der Waals surface area contributed by atoms with Gasteiger partial charge in [0.05, 0.1) is 24.6 Å². The minimum absolute atomic E-state index is 0.0385. The van der Waals surface area contributed by atoms with E-state index in [1.54, 1.807) is 11.6 Å². The number of ether oxygens (including phenoxy) is 1. The van der Waals surface area contributed by atoms with Crippen molar-refractivity contribution in [3.63, 3.8) is 0 Å². The lowest BCUT2D eigenvalue weighted by molar-refractivity contribution is 0.183. The first-order chi connectivity index (χ1) is 6.76. The van der Waals surface area contributed by atoms with E-state index >= 15 is 0 Å². The maximum atomic E-state index is 9.12. The molecule has 0 saturated carbocycles. The van der Waals surface area contributed by atoms with Crippen LogP contribution in [0.1, 0.15) is 16.4 Å². The molecule has 2 heterocycles. The van der Waals surface area contributed by atoms with Crippen LogP contribution in [0.25, 0.3) is 4.96 Å². The fourth-order valence-electron chi connectivity index (χ4n) is 1.29. The molecular weight excluding hydrogens is 202 g/mol. The number of hydrogen-bond donors (Lipinski definition) is 1. The second-order valence-electron chi connectivity index (χ2n) is 2.93. The molecule has 0 aromatic carbocycles. The van der Waals surface area contributed by atoms with Crippen LogP contribution >= 0.6 is 11.3 Å². The van der Waals surface area contributed by atoms with E-state index in [0.717, 1.165) is 21.4 Å². The highest BCUT2D eigenvalue weighted by atomic mass is 32.1. The predicted molar refractivity (Wildman–Crippen MR) is 52.2 cm³/mol. The van der Waals surface area contributed by atoms with Crippen LogP contribution < -0.4 is 0 Å². The summed E-state index contributed by atoms with van der Waals surface area (Å²) in [6.07, 6.45) is 0. The first-order valence-electron chi connectivity index (χ1n) is 4.20. The first kappa shape index (κ1) is 9.57. The largest absolute Gasteiger partial charge is 0.390 e. The molecular formula is C8H11N3O2S. The van der Waals surface area contributed by atoms with Gasteiger partial charge in [-0.05, 0) is 6.92 Å². The summed E-state index contributed by atoms with van der Waals surface area (Å²) in [6, 6.07) is 0. The van der Waals surface area contributed by atoms with Crippen molar-refractivity contribution >= 4 is 16.3 Å². The van der Waals surface area contributed by atoms with Crippen LogP contribution in [-0.4, -0.2) is 26.8 Å². The molecule has 6 heteroatoms. The molecule has 0 aliphatic rings. The molecule has 0 fully saturated rings. The molecule has 0 saturated heterocycles. The highest BCUT2D eigenvalue weighted by Crippen LogP contribution is 2.18. The summed E-state index contributed by atoms with van der Waals surface area (Å²) in [4.78, 5) is 5.09. The van der Waals surface area contributed by atoms with E-state index in [9.17, 15) is 0 Å². The first-order valence-corrected chi connectivity index (χ1v) is 5.01. The quantitative estimate of drug-likeness (QED) is 0.817. The number of imidazole rings is 1. The van der Waals surface area contributed by atoms with Crippen LogP contribution in [0.5, 0.6) is 0 Å². The van der Waals surface area contributed by atoms with Gasteiger partial charge in [0.15, 0.2) is 0 Å². The maximum Gasteiger partial charge on any atom is 0.212 e. The minimum atomic E-state index is -0.0385. The van der Waals surface area contributed by atoms with E-state index in [-0.39, 0.29) is 6.61 Å². The van der Waals surface area contributed by atoms with Crippen molar-refractivity contribution in [2.45, 2.75) is 20.1 Å². The smallest absolute Gasteiger partial charge is 0.212 e. The van der Waals surface area contributed by atoms with E-state index in [1.807, 2.05) is 6.92 Å². The molecule has 0 aliphatic heterocycles. The maximum absolute atomic E-state index is 9.12. The summed E-state index contributed by atoms with van der Waals surface area (Å²) in [5.74, 6) is 0. The van der Waals surface area contributed by atoms with Crippen LogP contribution in [0.4, 0.5) is 0 Å². The van der Waals surface area contributed by atoms with Crippen molar-refractivity contribution in [3.8, 4) is 0 Å². The van der Waals surface area contributed by atoms with E-state index in [4.69, 9.17) is 9.84 Å². The highest BCUT2D eigenvalue weighted by Gasteiger charge is 2.12. The number of aromatic nitrogens is 3. The predicted octanol–water partition coefficient (Wildman–Crippen LogP) is 0.738. The molecule has 76 valence electrons. The third-order valence-electron chi connectivity index (χ3n) is 1.96. The van der Waals surface area contributed by atoms with Gasteiger partial charge in [-0.3, -0.25) is 0 Å². The van der Waals surface area contributed by atoms with Gasteiger partial charge in [-0.1, -0.05) is 11.3 Å². The number of aliphatic hydroxyl groups is 1. The fourth-order valence-corrected chi connectivity index (χ4v) is 2.22. The van der Waals surface area contributed by atoms with E-state index < -0.39 is 0 Å². The molecule has 5 nitrogen and oxygen atoms in total. The average molecular weight is 213 g/mol. The molecule has 2 aromatic heterocycles. The van der Waals surface area contributed by atoms with Crippen LogP contribution in [0, 0.1) is 6.92 Å². The second kappa shape index (κ2) is 3.64. The summed E-state index contributed by atoms with van der Waals surface area (Å²) in [6.45, 7) is 2.31. The number of nitrogens with zero attached hydrogens (tertiary/aromatic N) is 3. The molecule has 14 heavy (non-hydrogen) atoms. The van der Waals surface area contributed by atoms with E-state index in [0.29, 0.717) is 6.61 Å². The molecule has 2 aromatic rings. The lowest BCUT2D eigenvalue weighted by atomic mass is 10.4. The van der Waals surface area contributed by atoms with Gasteiger partial charge in [0.25, 0.3) is 0 Å². The molecule has 0 aliphatic carbocycles. The molecule has 0 amide bonds. The zero-order chi connectivity index (χ0) is 10.1. The van der Waals surface area contributed by atoms with Crippen molar-refractivity contribution < 1.29 is 9.84 Å². The van der Waals surface area contributed by atoms with Crippen molar-refractivity contribution in [2.75, 3.05) is 7.11 Å². The normalized spacial score (nSPS) is 11.4. The summed E-state index contributed by atoms with van der Waals surface area (Å²) in [7, 11) is 1.63. The third-order valence-corrected chi connectivity index (χ3v) is 2.84. The highest BCUT2D eigenvalue weighted by molar-refractivity contribution is 7.16. The lowest BCUT2D eigenvalue weighted by Gasteiger charge is -1.93. The van der Waals surface area contributed by atoms with Gasteiger partial charge >= 0.3 is 0 Å². The third kappa shape index (κ3) is 1.41. The van der Waals surface area contributed by atoms with Gasteiger partial charge < -0.3 is 9.84 Å². The van der Waals surface area contributed by atoms with Gasteiger partial charge in [0.2, 0.25) is 4.96 Å². The Labute approximate surface area is 85.0 Å². The Morgan fingerprint density at radius 3 is 3.00 bits per heavy atom. The molecule has 0 radical (unpaired) electrons. The Morgan fingerprint density at radius 2 is 2.36 bits per heavy atom. The Bertz CT molecular complexity index is 449. The fraction of sp³-hybridized carbons (Fsp3) is 0.500. The summed E-state index contributed by atoms with van der Waals surface area (Å²) < 4.78 is 6.65. The number of aryl methyl sites for hydroxylation is 1.